The van der Waals surface area contributed by atoms with Crippen LogP contribution in [-0.4, -0.2) is 59.0 Å². The van der Waals surface area contributed by atoms with Gasteiger partial charge in [-0.25, -0.2) is 0 Å². The van der Waals surface area contributed by atoms with Crippen LogP contribution in [0.4, 0.5) is 0 Å². The molecule has 19 heavy (non-hydrogen) atoms. The van der Waals surface area contributed by atoms with Crippen molar-refractivity contribution in [2.75, 3.05) is 19.6 Å². The second kappa shape index (κ2) is 5.17. The van der Waals surface area contributed by atoms with Crippen LogP contribution in [0.25, 0.3) is 0 Å². The lowest BCUT2D eigenvalue weighted by Crippen LogP contribution is -2.53. The van der Waals surface area contributed by atoms with Crippen molar-refractivity contribution >= 4 is 29.5 Å². The first-order valence-corrected chi connectivity index (χ1v) is 5.91. The molecule has 0 unspecified atom stereocenters. The first kappa shape index (κ1) is 13.2. The van der Waals surface area contributed by atoms with Crippen LogP contribution >= 0.6 is 0 Å². The Hall–Kier alpha value is -2.25. The second-order valence-electron chi connectivity index (χ2n) is 4.41. The molecule has 102 valence electrons. The van der Waals surface area contributed by atoms with Crippen molar-refractivity contribution < 1.29 is 24.0 Å². The Morgan fingerprint density at radius 2 is 1.53 bits per heavy atom. The highest BCUT2D eigenvalue weighted by Crippen LogP contribution is 2.12. The molecule has 0 bridgehead atoms. The smallest absolute Gasteiger partial charge is 0.246 e. The van der Waals surface area contributed by atoms with Gasteiger partial charge in [-0.2, -0.15) is 0 Å². The summed E-state index contributed by atoms with van der Waals surface area (Å²) in [7, 11) is 0. The minimum atomic E-state index is -0.530. The van der Waals surface area contributed by atoms with Gasteiger partial charge in [-0.15, -0.1) is 0 Å². The highest BCUT2D eigenvalue weighted by molar-refractivity contribution is 6.03. The Bertz CT molecular complexity index is 441. The Labute approximate surface area is 108 Å². The first-order valence-electron chi connectivity index (χ1n) is 5.91. The highest BCUT2D eigenvalue weighted by atomic mass is 16.2. The summed E-state index contributed by atoms with van der Waals surface area (Å²) in [6, 6.07) is 0. The molecule has 0 aliphatic carbocycles. The van der Waals surface area contributed by atoms with Crippen LogP contribution in [0.5, 0.6) is 0 Å². The molecular weight excluding hydrogens is 254 g/mol. The third-order valence-corrected chi connectivity index (χ3v) is 3.00. The molecule has 2 fully saturated rings. The van der Waals surface area contributed by atoms with E-state index in [0.717, 1.165) is 9.80 Å². The number of nitrogens with zero attached hydrogens (tertiary/aromatic N) is 2. The van der Waals surface area contributed by atoms with Gasteiger partial charge in [-0.1, -0.05) is 0 Å². The minimum absolute atomic E-state index is 0.00279. The summed E-state index contributed by atoms with van der Waals surface area (Å²) < 4.78 is 0. The fourth-order valence-corrected chi connectivity index (χ4v) is 2.05. The van der Waals surface area contributed by atoms with Gasteiger partial charge >= 0.3 is 0 Å². The topological polar surface area (TPSA) is 104 Å². The van der Waals surface area contributed by atoms with Crippen molar-refractivity contribution in [1.29, 1.82) is 0 Å². The van der Waals surface area contributed by atoms with E-state index in [0.29, 0.717) is 0 Å². The molecule has 0 aromatic heterocycles. The van der Waals surface area contributed by atoms with Crippen molar-refractivity contribution in [3.63, 3.8) is 0 Å². The van der Waals surface area contributed by atoms with E-state index in [1.165, 1.54) is 0 Å². The molecular formula is C11H13N3O5. The highest BCUT2D eigenvalue weighted by Gasteiger charge is 2.31. The average Bonchev–Trinajstić information content (AvgIpc) is 2.65. The maximum atomic E-state index is 11.8. The van der Waals surface area contributed by atoms with E-state index in [-0.39, 0.29) is 50.7 Å². The molecule has 8 heteroatoms. The third kappa shape index (κ3) is 2.95. The molecule has 0 aromatic rings. The molecule has 0 spiro atoms. The zero-order valence-corrected chi connectivity index (χ0v) is 10.2. The molecule has 2 rings (SSSR count). The molecule has 2 saturated heterocycles. The molecule has 0 saturated carbocycles. The predicted octanol–water partition coefficient (Wildman–Crippen LogP) is -1.99. The van der Waals surface area contributed by atoms with Gasteiger partial charge in [0.15, 0.2) is 0 Å². The molecule has 2 heterocycles. The number of carbonyl (C=O) groups is 5. The Kier molecular flexibility index (Phi) is 3.59. The Balaban J connectivity index is 1.87. The zero-order chi connectivity index (χ0) is 14.0. The van der Waals surface area contributed by atoms with Gasteiger partial charge < -0.3 is 4.90 Å². The van der Waals surface area contributed by atoms with E-state index in [9.17, 15) is 24.0 Å². The predicted molar refractivity (Wildman–Crippen MR) is 60.3 cm³/mol. The number of nitrogens with one attached hydrogen (secondary N) is 1. The van der Waals surface area contributed by atoms with Gasteiger partial charge in [-0.05, 0) is 0 Å². The normalized spacial score (nSPS) is 20.0. The van der Waals surface area contributed by atoms with E-state index in [2.05, 4.69) is 5.32 Å². The van der Waals surface area contributed by atoms with Crippen LogP contribution < -0.4 is 5.32 Å². The SMILES string of the molecule is O=C1CN(C(=O)CCN2C(=O)CCC2=O)CC(=O)N1. The van der Waals surface area contributed by atoms with Crippen LogP contribution in [0.2, 0.25) is 0 Å². The largest absolute Gasteiger partial charge is 0.324 e. The van der Waals surface area contributed by atoms with Gasteiger partial charge in [0.05, 0.1) is 0 Å². The van der Waals surface area contributed by atoms with Crippen molar-refractivity contribution in [3.05, 3.63) is 0 Å². The molecule has 2 aliphatic heterocycles. The lowest BCUT2D eigenvalue weighted by molar-refractivity contribution is -0.146. The minimum Gasteiger partial charge on any atom is -0.324 e. The van der Waals surface area contributed by atoms with Crippen LogP contribution in [-0.2, 0) is 24.0 Å². The summed E-state index contributed by atoms with van der Waals surface area (Å²) in [5.41, 5.74) is 0. The van der Waals surface area contributed by atoms with Crippen molar-refractivity contribution in [1.82, 2.24) is 15.1 Å². The van der Waals surface area contributed by atoms with E-state index in [1.807, 2.05) is 0 Å². The summed E-state index contributed by atoms with van der Waals surface area (Å²) in [4.78, 5) is 58.9. The quantitative estimate of drug-likeness (QED) is 0.596. The number of carbonyl (C=O) groups excluding carboxylic acids is 5. The van der Waals surface area contributed by atoms with Gasteiger partial charge in [-0.3, -0.25) is 34.2 Å². The number of likely N-dealkylation sites (tertiary alicyclic amines) is 1. The number of imide groups is 2. The standard InChI is InChI=1S/C11H13N3O5/c15-7-5-13(6-8(16)12-7)9(17)3-4-14-10(18)1-2-11(14)19/h1-6H2,(H,12,15,16). The average molecular weight is 267 g/mol. The molecule has 0 radical (unpaired) electrons. The van der Waals surface area contributed by atoms with E-state index in [1.54, 1.807) is 0 Å². The van der Waals surface area contributed by atoms with Gasteiger partial charge in [0, 0.05) is 25.8 Å². The maximum Gasteiger partial charge on any atom is 0.246 e. The first-order chi connectivity index (χ1) is 8.97. The lowest BCUT2D eigenvalue weighted by atomic mass is 10.3. The molecule has 0 atom stereocenters. The van der Waals surface area contributed by atoms with Gasteiger partial charge in [0.2, 0.25) is 29.5 Å². The van der Waals surface area contributed by atoms with Crippen molar-refractivity contribution in [2.24, 2.45) is 0 Å². The van der Waals surface area contributed by atoms with Gasteiger partial charge in [0.1, 0.15) is 13.1 Å². The molecule has 1 N–H and O–H groups in total. The second-order valence-corrected chi connectivity index (χ2v) is 4.41. The van der Waals surface area contributed by atoms with E-state index < -0.39 is 17.7 Å². The molecule has 8 nitrogen and oxygen atoms in total. The number of hydrogen-bond donors (Lipinski definition) is 1. The van der Waals surface area contributed by atoms with Crippen LogP contribution in [0.3, 0.4) is 0 Å². The number of hydrogen-bond acceptors (Lipinski definition) is 5. The zero-order valence-electron chi connectivity index (χ0n) is 10.2. The summed E-state index contributed by atoms with van der Waals surface area (Å²) in [5, 5.41) is 2.09. The van der Waals surface area contributed by atoms with E-state index in [4.69, 9.17) is 0 Å². The van der Waals surface area contributed by atoms with Gasteiger partial charge in [0.25, 0.3) is 0 Å². The molecule has 2 aliphatic rings. The van der Waals surface area contributed by atoms with E-state index >= 15 is 0 Å². The van der Waals surface area contributed by atoms with Crippen molar-refractivity contribution in [2.45, 2.75) is 19.3 Å². The molecule has 5 amide bonds. The monoisotopic (exact) mass is 267 g/mol. The fraction of sp³-hybridized carbons (Fsp3) is 0.545. The number of piperazine rings is 1. The summed E-state index contributed by atoms with van der Waals surface area (Å²) >= 11 is 0. The third-order valence-electron chi connectivity index (χ3n) is 3.00. The lowest BCUT2D eigenvalue weighted by Gasteiger charge is -2.26. The summed E-state index contributed by atoms with van der Waals surface area (Å²) in [6.45, 7) is -0.345. The van der Waals surface area contributed by atoms with Crippen LogP contribution in [0.15, 0.2) is 0 Å². The fourth-order valence-electron chi connectivity index (χ4n) is 2.05. The summed E-state index contributed by atoms with van der Waals surface area (Å²) in [6.07, 6.45) is 0.285. The maximum absolute atomic E-state index is 11.8. The van der Waals surface area contributed by atoms with Crippen LogP contribution in [0, 0.1) is 0 Å². The number of rotatable bonds is 3. The molecule has 0 aromatic carbocycles. The Morgan fingerprint density at radius 3 is 2.05 bits per heavy atom. The Morgan fingerprint density at radius 1 is 1.00 bits per heavy atom. The van der Waals surface area contributed by atoms with Crippen molar-refractivity contribution in [3.8, 4) is 0 Å². The summed E-state index contributed by atoms with van der Waals surface area (Å²) in [5.74, 6) is -2.05. The number of amides is 5. The van der Waals surface area contributed by atoms with Crippen LogP contribution in [0.1, 0.15) is 19.3 Å².